The zero-order valence-corrected chi connectivity index (χ0v) is 14.2. The molecule has 0 spiro atoms. The molecule has 0 bridgehead atoms. The summed E-state index contributed by atoms with van der Waals surface area (Å²) in [6, 6.07) is 3.39. The van der Waals surface area contributed by atoms with Gasteiger partial charge in [-0.3, -0.25) is 14.4 Å². The zero-order valence-electron chi connectivity index (χ0n) is 14.2. The van der Waals surface area contributed by atoms with E-state index in [0.29, 0.717) is 17.8 Å². The molecule has 1 amide bonds. The third-order valence-electron chi connectivity index (χ3n) is 4.37. The van der Waals surface area contributed by atoms with Crippen LogP contribution in [0.15, 0.2) is 16.9 Å². The zero-order chi connectivity index (χ0) is 18.8. The number of carboxylic acids is 1. The number of pyridine rings is 2. The third kappa shape index (κ3) is 3.25. The summed E-state index contributed by atoms with van der Waals surface area (Å²) in [6.45, 7) is -0.0324. The number of aryl methyl sites for hydroxylation is 1. The van der Waals surface area contributed by atoms with Crippen molar-refractivity contribution < 1.29 is 24.5 Å². The van der Waals surface area contributed by atoms with Crippen molar-refractivity contribution >= 4 is 22.9 Å². The quantitative estimate of drug-likeness (QED) is 0.730. The van der Waals surface area contributed by atoms with E-state index in [4.69, 9.17) is 9.84 Å². The highest BCUT2D eigenvalue weighted by Crippen LogP contribution is 2.30. The molecule has 1 unspecified atom stereocenters. The van der Waals surface area contributed by atoms with Crippen molar-refractivity contribution in [3.63, 3.8) is 0 Å². The number of aromatic nitrogens is 2. The fourth-order valence-corrected chi connectivity index (χ4v) is 3.01. The smallest absolute Gasteiger partial charge is 0.322 e. The summed E-state index contributed by atoms with van der Waals surface area (Å²) in [4.78, 5) is 39.6. The van der Waals surface area contributed by atoms with Gasteiger partial charge < -0.3 is 24.8 Å². The lowest BCUT2D eigenvalue weighted by Crippen LogP contribution is -2.35. The lowest BCUT2D eigenvalue weighted by molar-refractivity contribution is -0.135. The van der Waals surface area contributed by atoms with E-state index in [0.717, 1.165) is 19.3 Å². The molecule has 0 aromatic carbocycles. The Labute approximate surface area is 148 Å². The Balaban J connectivity index is 2.09. The minimum Gasteiger partial charge on any atom is -0.505 e. The summed E-state index contributed by atoms with van der Waals surface area (Å²) in [5.74, 6) is -2.79. The van der Waals surface area contributed by atoms with Crippen molar-refractivity contribution in [3.8, 4) is 5.75 Å². The standard InChI is InChI=1S/C17H19N3O6/c1-20-10-6-5-9(11-4-2-3-7-26-11)19-14(10)15(23)13(17(20)25)16(24)18-8-12(21)22/h5-6,11,23H,2-4,7-8H2,1H3,(H,18,24)(H,21,22). The average molecular weight is 361 g/mol. The molecule has 3 N–H and O–H groups in total. The molecule has 1 saturated heterocycles. The molecule has 3 rings (SSSR count). The van der Waals surface area contributed by atoms with E-state index in [1.807, 2.05) is 0 Å². The number of hydrogen-bond donors (Lipinski definition) is 3. The van der Waals surface area contributed by atoms with E-state index in [1.54, 1.807) is 12.1 Å². The fourth-order valence-electron chi connectivity index (χ4n) is 3.01. The van der Waals surface area contributed by atoms with Gasteiger partial charge in [0.15, 0.2) is 5.75 Å². The first-order valence-electron chi connectivity index (χ1n) is 8.24. The summed E-state index contributed by atoms with van der Waals surface area (Å²) < 4.78 is 6.89. The lowest BCUT2D eigenvalue weighted by Gasteiger charge is -2.22. The highest BCUT2D eigenvalue weighted by molar-refractivity contribution is 6.02. The molecule has 0 aliphatic carbocycles. The van der Waals surface area contributed by atoms with Gasteiger partial charge in [0.05, 0.1) is 17.3 Å². The second kappa shape index (κ2) is 7.12. The molecule has 9 nitrogen and oxygen atoms in total. The third-order valence-corrected chi connectivity index (χ3v) is 4.37. The summed E-state index contributed by atoms with van der Waals surface area (Å²) >= 11 is 0. The van der Waals surface area contributed by atoms with Crippen molar-refractivity contribution in [2.24, 2.45) is 7.05 Å². The minimum absolute atomic E-state index is 0.0965. The van der Waals surface area contributed by atoms with Crippen LogP contribution >= 0.6 is 0 Å². The molecule has 9 heteroatoms. The molecule has 26 heavy (non-hydrogen) atoms. The molecule has 0 saturated carbocycles. The van der Waals surface area contributed by atoms with Gasteiger partial charge in [0.1, 0.15) is 17.6 Å². The van der Waals surface area contributed by atoms with Crippen LogP contribution in [0, 0.1) is 0 Å². The van der Waals surface area contributed by atoms with Crippen molar-refractivity contribution in [1.82, 2.24) is 14.9 Å². The normalized spacial score (nSPS) is 17.2. The Hall–Kier alpha value is -2.94. The molecule has 1 aliphatic rings. The van der Waals surface area contributed by atoms with E-state index in [2.05, 4.69) is 10.3 Å². The van der Waals surface area contributed by atoms with E-state index < -0.39 is 35.3 Å². The SMILES string of the molecule is Cn1c(=O)c(C(=O)NCC(=O)O)c(O)c2nc(C3CCCCO3)ccc21. The average Bonchev–Trinajstić information content (AvgIpc) is 2.65. The van der Waals surface area contributed by atoms with Crippen LogP contribution in [0.4, 0.5) is 0 Å². The number of aliphatic carboxylic acids is 1. The summed E-state index contributed by atoms with van der Waals surface area (Å²) in [5, 5.41) is 21.2. The number of carboxylic acid groups (broad SMARTS) is 1. The van der Waals surface area contributed by atoms with Crippen LogP contribution in [0.2, 0.25) is 0 Å². The second-order valence-electron chi connectivity index (χ2n) is 6.12. The van der Waals surface area contributed by atoms with Gasteiger partial charge >= 0.3 is 5.97 Å². The number of rotatable bonds is 4. The van der Waals surface area contributed by atoms with Crippen LogP contribution < -0.4 is 10.9 Å². The summed E-state index contributed by atoms with van der Waals surface area (Å²) in [5.41, 5.74) is -0.194. The minimum atomic E-state index is -1.26. The van der Waals surface area contributed by atoms with Crippen LogP contribution in [0.25, 0.3) is 11.0 Å². The Morgan fingerprint density at radius 2 is 2.15 bits per heavy atom. The molecule has 3 heterocycles. The van der Waals surface area contributed by atoms with Crippen LogP contribution in [0.1, 0.15) is 41.4 Å². The van der Waals surface area contributed by atoms with Gasteiger partial charge in [0, 0.05) is 13.7 Å². The molecule has 0 radical (unpaired) electrons. The van der Waals surface area contributed by atoms with Gasteiger partial charge in [0.25, 0.3) is 11.5 Å². The predicted octanol–water partition coefficient (Wildman–Crippen LogP) is 0.695. The number of aromatic hydroxyl groups is 1. The Kier molecular flexibility index (Phi) is 4.90. The van der Waals surface area contributed by atoms with Crippen LogP contribution in [-0.2, 0) is 16.6 Å². The number of ether oxygens (including phenoxy) is 1. The number of hydrogen-bond acceptors (Lipinski definition) is 6. The predicted molar refractivity (Wildman–Crippen MR) is 91.2 cm³/mol. The molecule has 1 aliphatic heterocycles. The highest BCUT2D eigenvalue weighted by Gasteiger charge is 2.24. The first-order valence-corrected chi connectivity index (χ1v) is 8.24. The van der Waals surface area contributed by atoms with E-state index in [1.165, 1.54) is 11.6 Å². The number of nitrogens with one attached hydrogen (secondary N) is 1. The maximum absolute atomic E-state index is 12.4. The van der Waals surface area contributed by atoms with Crippen molar-refractivity contribution in [2.75, 3.05) is 13.2 Å². The van der Waals surface area contributed by atoms with E-state index >= 15 is 0 Å². The molecular formula is C17H19N3O6. The number of carbonyl (C=O) groups is 2. The maximum Gasteiger partial charge on any atom is 0.322 e. The Morgan fingerprint density at radius 3 is 2.81 bits per heavy atom. The molecule has 138 valence electrons. The number of amides is 1. The highest BCUT2D eigenvalue weighted by atomic mass is 16.5. The Bertz CT molecular complexity index is 930. The monoisotopic (exact) mass is 361 g/mol. The van der Waals surface area contributed by atoms with Gasteiger partial charge in [0.2, 0.25) is 0 Å². The number of carbonyl (C=O) groups excluding carboxylic acids is 1. The maximum atomic E-state index is 12.4. The molecular weight excluding hydrogens is 342 g/mol. The summed E-state index contributed by atoms with van der Waals surface area (Å²) in [6.07, 6.45) is 2.59. The van der Waals surface area contributed by atoms with Crippen molar-refractivity contribution in [3.05, 3.63) is 33.7 Å². The summed E-state index contributed by atoms with van der Waals surface area (Å²) in [7, 11) is 1.45. The van der Waals surface area contributed by atoms with Crippen molar-refractivity contribution in [2.45, 2.75) is 25.4 Å². The van der Waals surface area contributed by atoms with Crippen LogP contribution in [0.3, 0.4) is 0 Å². The van der Waals surface area contributed by atoms with Gasteiger partial charge in [-0.15, -0.1) is 0 Å². The van der Waals surface area contributed by atoms with Crippen LogP contribution in [0.5, 0.6) is 5.75 Å². The lowest BCUT2D eigenvalue weighted by atomic mass is 10.0. The van der Waals surface area contributed by atoms with E-state index in [9.17, 15) is 19.5 Å². The van der Waals surface area contributed by atoms with Gasteiger partial charge in [-0.1, -0.05) is 0 Å². The molecule has 2 aromatic heterocycles. The second-order valence-corrected chi connectivity index (χ2v) is 6.12. The van der Waals surface area contributed by atoms with Crippen LogP contribution in [-0.4, -0.2) is 44.8 Å². The molecule has 2 aromatic rings. The topological polar surface area (TPSA) is 131 Å². The fraction of sp³-hybridized carbons (Fsp3) is 0.412. The van der Waals surface area contributed by atoms with Gasteiger partial charge in [-0.25, -0.2) is 4.98 Å². The van der Waals surface area contributed by atoms with Gasteiger partial charge in [-0.2, -0.15) is 0 Å². The van der Waals surface area contributed by atoms with E-state index in [-0.39, 0.29) is 11.6 Å². The first kappa shape index (κ1) is 17.9. The Morgan fingerprint density at radius 1 is 1.38 bits per heavy atom. The van der Waals surface area contributed by atoms with Crippen molar-refractivity contribution in [1.29, 1.82) is 0 Å². The number of fused-ring (bicyclic) bond motifs is 1. The number of nitrogens with zero attached hydrogens (tertiary/aromatic N) is 2. The molecule has 1 atom stereocenters. The largest absolute Gasteiger partial charge is 0.505 e. The first-order chi connectivity index (χ1) is 12.4. The van der Waals surface area contributed by atoms with Gasteiger partial charge in [-0.05, 0) is 31.4 Å². The molecule has 1 fully saturated rings.